The molecule has 25 heavy (non-hydrogen) atoms. The smallest absolute Gasteiger partial charge is 0.223 e. The summed E-state index contributed by atoms with van der Waals surface area (Å²) in [6, 6.07) is 6.17. The highest BCUT2D eigenvalue weighted by atomic mass is 16.5. The monoisotopic (exact) mass is 339 g/mol. The molecule has 7 heteroatoms. The maximum Gasteiger partial charge on any atom is 0.223 e. The zero-order chi connectivity index (χ0) is 17.1. The normalized spacial score (nSPS) is 23.3. The van der Waals surface area contributed by atoms with Gasteiger partial charge in [0.05, 0.1) is 13.2 Å². The second-order valence-corrected chi connectivity index (χ2v) is 6.51. The molecular weight excluding hydrogens is 318 g/mol. The Labute approximate surface area is 146 Å². The lowest BCUT2D eigenvalue weighted by Gasteiger charge is -2.24. The first-order valence-electron chi connectivity index (χ1n) is 8.74. The van der Waals surface area contributed by atoms with Gasteiger partial charge in [-0.15, -0.1) is 0 Å². The first-order chi connectivity index (χ1) is 12.3. The standard InChI is InChI=1S/C18H21N5O2/c19-8-14-6-12-9-21-17(22-13-2-1-4-20-10-13)7-16(12)18(23-14)25-15-3-5-24-11-15/h6-7,9,13,15,20H,1-5,10-11H2,(H,21,22)/t13-,15?/m0/s1. The summed E-state index contributed by atoms with van der Waals surface area (Å²) in [4.78, 5) is 8.86. The van der Waals surface area contributed by atoms with Crippen molar-refractivity contribution in [2.75, 3.05) is 31.6 Å². The molecule has 2 saturated heterocycles. The molecule has 0 radical (unpaired) electrons. The predicted molar refractivity (Wildman–Crippen MR) is 93.6 cm³/mol. The Hall–Kier alpha value is -2.43. The number of aromatic nitrogens is 2. The molecule has 2 atom stereocenters. The maximum atomic E-state index is 9.22. The number of rotatable bonds is 4. The number of nitrogens with zero attached hydrogens (tertiary/aromatic N) is 3. The molecule has 2 N–H and O–H groups in total. The van der Waals surface area contributed by atoms with Gasteiger partial charge < -0.3 is 20.1 Å². The number of hydrogen-bond donors (Lipinski definition) is 2. The van der Waals surface area contributed by atoms with E-state index in [2.05, 4.69) is 26.7 Å². The van der Waals surface area contributed by atoms with E-state index in [1.165, 1.54) is 0 Å². The number of pyridine rings is 2. The van der Waals surface area contributed by atoms with E-state index in [0.29, 0.717) is 30.8 Å². The van der Waals surface area contributed by atoms with E-state index < -0.39 is 0 Å². The molecule has 0 saturated carbocycles. The summed E-state index contributed by atoms with van der Waals surface area (Å²) < 4.78 is 11.4. The van der Waals surface area contributed by atoms with E-state index >= 15 is 0 Å². The third-order valence-electron chi connectivity index (χ3n) is 4.61. The van der Waals surface area contributed by atoms with Crippen LogP contribution in [0, 0.1) is 11.3 Å². The minimum absolute atomic E-state index is 0.0169. The van der Waals surface area contributed by atoms with Gasteiger partial charge in [0.25, 0.3) is 0 Å². The minimum Gasteiger partial charge on any atom is -0.471 e. The highest BCUT2D eigenvalue weighted by Gasteiger charge is 2.20. The summed E-state index contributed by atoms with van der Waals surface area (Å²) in [6.45, 7) is 3.27. The first kappa shape index (κ1) is 16.1. The van der Waals surface area contributed by atoms with Crippen molar-refractivity contribution in [2.45, 2.75) is 31.4 Å². The molecule has 7 nitrogen and oxygen atoms in total. The van der Waals surface area contributed by atoms with E-state index in [-0.39, 0.29) is 6.10 Å². The van der Waals surface area contributed by atoms with Gasteiger partial charge in [0.1, 0.15) is 23.7 Å². The van der Waals surface area contributed by atoms with Crippen molar-refractivity contribution in [3.8, 4) is 11.9 Å². The molecule has 1 unspecified atom stereocenters. The van der Waals surface area contributed by atoms with Gasteiger partial charge >= 0.3 is 0 Å². The van der Waals surface area contributed by atoms with Gasteiger partial charge in [-0.2, -0.15) is 5.26 Å². The fourth-order valence-electron chi connectivity index (χ4n) is 3.29. The van der Waals surface area contributed by atoms with Crippen molar-refractivity contribution < 1.29 is 9.47 Å². The third kappa shape index (κ3) is 3.65. The largest absolute Gasteiger partial charge is 0.471 e. The van der Waals surface area contributed by atoms with Crippen molar-refractivity contribution in [3.63, 3.8) is 0 Å². The van der Waals surface area contributed by atoms with E-state index in [1.807, 2.05) is 6.07 Å². The predicted octanol–water partition coefficient (Wildman–Crippen LogP) is 1.83. The van der Waals surface area contributed by atoms with Crippen molar-refractivity contribution in [1.29, 1.82) is 5.26 Å². The summed E-state index contributed by atoms with van der Waals surface area (Å²) >= 11 is 0. The lowest BCUT2D eigenvalue weighted by molar-refractivity contribution is 0.139. The van der Waals surface area contributed by atoms with Crippen molar-refractivity contribution in [3.05, 3.63) is 24.0 Å². The zero-order valence-electron chi connectivity index (χ0n) is 14.0. The highest BCUT2D eigenvalue weighted by molar-refractivity contribution is 5.89. The molecule has 0 bridgehead atoms. The molecule has 0 aliphatic carbocycles. The molecule has 0 amide bonds. The number of ether oxygens (including phenoxy) is 2. The molecule has 4 heterocycles. The Morgan fingerprint density at radius 2 is 2.32 bits per heavy atom. The Kier molecular flexibility index (Phi) is 4.63. The molecule has 2 aliphatic heterocycles. The molecule has 2 aromatic rings. The summed E-state index contributed by atoms with van der Waals surface area (Å²) in [7, 11) is 0. The SMILES string of the molecule is N#Cc1cc2cnc(N[C@H]3CCCNC3)cc2c(OC2CCOC2)n1. The van der Waals surface area contributed by atoms with Crippen molar-refractivity contribution >= 4 is 16.6 Å². The van der Waals surface area contributed by atoms with Crippen LogP contribution >= 0.6 is 0 Å². The van der Waals surface area contributed by atoms with Crippen LogP contribution in [-0.2, 0) is 4.74 Å². The van der Waals surface area contributed by atoms with Gasteiger partial charge in [-0.3, -0.25) is 0 Å². The van der Waals surface area contributed by atoms with Crippen LogP contribution in [0.15, 0.2) is 18.3 Å². The lowest BCUT2D eigenvalue weighted by Crippen LogP contribution is -2.38. The van der Waals surface area contributed by atoms with Gasteiger partial charge in [0.2, 0.25) is 5.88 Å². The Bertz CT molecular complexity index is 792. The average Bonchev–Trinajstić information content (AvgIpc) is 3.16. The molecule has 130 valence electrons. The minimum atomic E-state index is -0.0169. The van der Waals surface area contributed by atoms with Crippen molar-refractivity contribution in [1.82, 2.24) is 15.3 Å². The van der Waals surface area contributed by atoms with E-state index in [9.17, 15) is 5.26 Å². The Balaban J connectivity index is 1.65. The molecule has 2 fully saturated rings. The van der Waals surface area contributed by atoms with Crippen LogP contribution in [0.2, 0.25) is 0 Å². The number of hydrogen-bond acceptors (Lipinski definition) is 7. The zero-order valence-corrected chi connectivity index (χ0v) is 14.0. The molecule has 2 aromatic heterocycles. The van der Waals surface area contributed by atoms with Gasteiger partial charge in [0.15, 0.2) is 0 Å². The summed E-state index contributed by atoms with van der Waals surface area (Å²) in [5.41, 5.74) is 0.334. The molecule has 2 aliphatic rings. The highest BCUT2D eigenvalue weighted by Crippen LogP contribution is 2.28. The van der Waals surface area contributed by atoms with Gasteiger partial charge in [-0.25, -0.2) is 9.97 Å². The second-order valence-electron chi connectivity index (χ2n) is 6.51. The number of nitriles is 1. The summed E-state index contributed by atoms with van der Waals surface area (Å²) in [6.07, 6.45) is 4.88. The van der Waals surface area contributed by atoms with Crippen molar-refractivity contribution in [2.24, 2.45) is 0 Å². The summed E-state index contributed by atoms with van der Waals surface area (Å²) in [5.74, 6) is 1.29. The summed E-state index contributed by atoms with van der Waals surface area (Å²) in [5, 5.41) is 17.8. The second kappa shape index (κ2) is 7.21. The first-order valence-corrected chi connectivity index (χ1v) is 8.74. The van der Waals surface area contributed by atoms with E-state index in [0.717, 1.165) is 48.9 Å². The quantitative estimate of drug-likeness (QED) is 0.878. The molecule has 0 spiro atoms. The third-order valence-corrected chi connectivity index (χ3v) is 4.61. The topological polar surface area (TPSA) is 92.1 Å². The molecule has 0 aromatic carbocycles. The van der Waals surface area contributed by atoms with Crippen LogP contribution < -0.4 is 15.4 Å². The molecular formula is C18H21N5O2. The Morgan fingerprint density at radius 1 is 1.36 bits per heavy atom. The Morgan fingerprint density at radius 3 is 3.08 bits per heavy atom. The van der Waals surface area contributed by atoms with Gasteiger partial charge in [-0.1, -0.05) is 0 Å². The number of nitrogens with one attached hydrogen (secondary N) is 2. The van der Waals surface area contributed by atoms with Crippen LogP contribution in [0.25, 0.3) is 10.8 Å². The number of piperidine rings is 1. The van der Waals surface area contributed by atoms with E-state index in [1.54, 1.807) is 12.3 Å². The van der Waals surface area contributed by atoms with Gasteiger partial charge in [0, 0.05) is 36.0 Å². The van der Waals surface area contributed by atoms with Gasteiger partial charge in [-0.05, 0) is 31.5 Å². The molecule has 4 rings (SSSR count). The number of fused-ring (bicyclic) bond motifs is 1. The average molecular weight is 339 g/mol. The van der Waals surface area contributed by atoms with Crippen LogP contribution in [-0.4, -0.2) is 48.4 Å². The number of anilines is 1. The fraction of sp³-hybridized carbons (Fsp3) is 0.500. The van der Waals surface area contributed by atoms with E-state index in [4.69, 9.17) is 9.47 Å². The van der Waals surface area contributed by atoms with Crippen LogP contribution in [0.3, 0.4) is 0 Å². The van der Waals surface area contributed by atoms with Crippen LogP contribution in [0.5, 0.6) is 5.88 Å². The maximum absolute atomic E-state index is 9.22. The van der Waals surface area contributed by atoms with Crippen LogP contribution in [0.1, 0.15) is 25.0 Å². The van der Waals surface area contributed by atoms with Crippen LogP contribution in [0.4, 0.5) is 5.82 Å². The lowest BCUT2D eigenvalue weighted by atomic mass is 10.1. The fourth-order valence-corrected chi connectivity index (χ4v) is 3.29.